The quantitative estimate of drug-likeness (QED) is 0.816. The molecule has 20 heavy (non-hydrogen) atoms. The van der Waals surface area contributed by atoms with Gasteiger partial charge in [0.25, 0.3) is 0 Å². The first-order chi connectivity index (χ1) is 9.88. The van der Waals surface area contributed by atoms with Gasteiger partial charge in [0.15, 0.2) is 0 Å². The second-order valence-electron chi connectivity index (χ2n) is 7.48. The second-order valence-corrected chi connectivity index (χ2v) is 7.48. The first kappa shape index (κ1) is 14.8. The average Bonchev–Trinajstić information content (AvgIpc) is 2.97. The molecule has 0 spiro atoms. The maximum Gasteiger partial charge on any atom is 0.0113 e. The van der Waals surface area contributed by atoms with E-state index in [9.17, 15) is 0 Å². The highest BCUT2D eigenvalue weighted by atomic mass is 15.0. The van der Waals surface area contributed by atoms with Gasteiger partial charge in [0.05, 0.1) is 0 Å². The largest absolute Gasteiger partial charge is 0.314 e. The number of hydrogen-bond acceptors (Lipinski definition) is 2. The fourth-order valence-corrected chi connectivity index (χ4v) is 5.11. The average molecular weight is 278 g/mol. The molecule has 2 heteroatoms. The molecule has 0 aromatic carbocycles. The van der Waals surface area contributed by atoms with Crippen LogP contribution >= 0.6 is 0 Å². The lowest BCUT2D eigenvalue weighted by atomic mass is 9.81. The molecule has 1 heterocycles. The summed E-state index contributed by atoms with van der Waals surface area (Å²) < 4.78 is 0. The minimum atomic E-state index is 0.808. The number of piperidine rings is 1. The Morgan fingerprint density at radius 3 is 2.45 bits per heavy atom. The molecular formula is C18H34N2. The lowest BCUT2D eigenvalue weighted by Gasteiger charge is -2.38. The summed E-state index contributed by atoms with van der Waals surface area (Å²) in [7, 11) is 0. The van der Waals surface area contributed by atoms with Gasteiger partial charge in [-0.25, -0.2) is 0 Å². The van der Waals surface area contributed by atoms with Crippen LogP contribution in [0, 0.1) is 11.8 Å². The van der Waals surface area contributed by atoms with Crippen LogP contribution in [0.1, 0.15) is 77.6 Å². The van der Waals surface area contributed by atoms with Crippen LogP contribution < -0.4 is 10.6 Å². The van der Waals surface area contributed by atoms with Crippen LogP contribution in [0.2, 0.25) is 0 Å². The van der Waals surface area contributed by atoms with Crippen molar-refractivity contribution in [3.63, 3.8) is 0 Å². The van der Waals surface area contributed by atoms with Crippen molar-refractivity contribution in [1.82, 2.24) is 10.6 Å². The van der Waals surface area contributed by atoms with E-state index in [1.54, 1.807) is 0 Å². The molecule has 2 aliphatic carbocycles. The third-order valence-electron chi connectivity index (χ3n) is 6.30. The molecule has 3 rings (SSSR count). The van der Waals surface area contributed by atoms with E-state index in [4.69, 9.17) is 0 Å². The van der Waals surface area contributed by atoms with Gasteiger partial charge in [-0.3, -0.25) is 0 Å². The number of nitrogens with one attached hydrogen (secondary N) is 2. The van der Waals surface area contributed by atoms with Crippen LogP contribution in [0.3, 0.4) is 0 Å². The third-order valence-corrected chi connectivity index (χ3v) is 6.30. The van der Waals surface area contributed by atoms with Crippen molar-refractivity contribution in [3.8, 4) is 0 Å². The van der Waals surface area contributed by atoms with Crippen molar-refractivity contribution >= 4 is 0 Å². The fourth-order valence-electron chi connectivity index (χ4n) is 5.11. The molecule has 3 aliphatic rings. The Labute approximate surface area is 125 Å². The van der Waals surface area contributed by atoms with Crippen LogP contribution in [0.4, 0.5) is 0 Å². The van der Waals surface area contributed by atoms with Crippen molar-refractivity contribution in [1.29, 1.82) is 0 Å². The second kappa shape index (κ2) is 7.26. The minimum absolute atomic E-state index is 0.808. The Bertz CT molecular complexity index is 285. The van der Waals surface area contributed by atoms with E-state index >= 15 is 0 Å². The van der Waals surface area contributed by atoms with Gasteiger partial charge in [0, 0.05) is 18.1 Å². The van der Waals surface area contributed by atoms with Crippen LogP contribution in [0.25, 0.3) is 0 Å². The van der Waals surface area contributed by atoms with Gasteiger partial charge in [0.1, 0.15) is 0 Å². The first-order valence-electron chi connectivity index (χ1n) is 9.38. The number of rotatable bonds is 4. The van der Waals surface area contributed by atoms with Crippen LogP contribution in [0.15, 0.2) is 0 Å². The first-order valence-corrected chi connectivity index (χ1v) is 9.38. The van der Waals surface area contributed by atoms with E-state index < -0.39 is 0 Å². The van der Waals surface area contributed by atoms with Crippen LogP contribution in [-0.4, -0.2) is 24.7 Å². The van der Waals surface area contributed by atoms with E-state index in [0.717, 1.165) is 30.0 Å². The highest BCUT2D eigenvalue weighted by molar-refractivity contribution is 4.95. The molecule has 5 unspecified atom stereocenters. The normalized spacial score (nSPS) is 42.8. The zero-order chi connectivity index (χ0) is 13.8. The maximum atomic E-state index is 4.13. The van der Waals surface area contributed by atoms with E-state index in [1.165, 1.54) is 77.2 Å². The molecule has 116 valence electrons. The number of hydrogen-bond donors (Lipinski definition) is 2. The zero-order valence-electron chi connectivity index (χ0n) is 13.4. The zero-order valence-corrected chi connectivity index (χ0v) is 13.4. The van der Waals surface area contributed by atoms with E-state index in [2.05, 4.69) is 17.6 Å². The Hall–Kier alpha value is -0.0800. The summed E-state index contributed by atoms with van der Waals surface area (Å²) in [5.74, 6) is 1.86. The standard InChI is InChI=1S/C18H34N2/c1-2-14-8-3-4-10-16(14)20-18-12-7-9-15(18)17-11-5-6-13-19-17/h14-20H,2-13H2,1H3. The SMILES string of the molecule is CCC1CCCCC1NC1CCCC1C1CCCCN1. The molecule has 2 saturated carbocycles. The monoisotopic (exact) mass is 278 g/mol. The van der Waals surface area contributed by atoms with Crippen molar-refractivity contribution in [2.24, 2.45) is 11.8 Å². The molecule has 2 nitrogen and oxygen atoms in total. The Kier molecular flexibility index (Phi) is 5.39. The summed E-state index contributed by atoms with van der Waals surface area (Å²) in [6.07, 6.45) is 15.8. The van der Waals surface area contributed by atoms with Crippen LogP contribution in [0.5, 0.6) is 0 Å². The van der Waals surface area contributed by atoms with Crippen molar-refractivity contribution in [2.45, 2.75) is 95.7 Å². The van der Waals surface area contributed by atoms with Gasteiger partial charge in [-0.2, -0.15) is 0 Å². The Balaban J connectivity index is 1.57. The summed E-state index contributed by atoms with van der Waals surface area (Å²) in [6, 6.07) is 2.44. The lowest BCUT2D eigenvalue weighted by Crippen LogP contribution is -2.51. The molecule has 5 atom stereocenters. The molecule has 3 fully saturated rings. The van der Waals surface area contributed by atoms with Crippen LogP contribution in [-0.2, 0) is 0 Å². The van der Waals surface area contributed by atoms with E-state index in [-0.39, 0.29) is 0 Å². The van der Waals surface area contributed by atoms with Gasteiger partial charge >= 0.3 is 0 Å². The Morgan fingerprint density at radius 2 is 1.65 bits per heavy atom. The Morgan fingerprint density at radius 1 is 0.850 bits per heavy atom. The summed E-state index contributed by atoms with van der Waals surface area (Å²) in [5.41, 5.74) is 0. The van der Waals surface area contributed by atoms with Gasteiger partial charge in [-0.15, -0.1) is 0 Å². The molecule has 0 aromatic rings. The van der Waals surface area contributed by atoms with Crippen molar-refractivity contribution in [2.75, 3.05) is 6.54 Å². The highest BCUT2D eigenvalue weighted by Crippen LogP contribution is 2.34. The molecular weight excluding hydrogens is 244 g/mol. The van der Waals surface area contributed by atoms with Gasteiger partial charge < -0.3 is 10.6 Å². The van der Waals surface area contributed by atoms with E-state index in [0.29, 0.717) is 0 Å². The topological polar surface area (TPSA) is 24.1 Å². The summed E-state index contributed by atoms with van der Waals surface area (Å²) in [4.78, 5) is 0. The predicted molar refractivity (Wildman–Crippen MR) is 85.9 cm³/mol. The van der Waals surface area contributed by atoms with Gasteiger partial charge in [-0.05, 0) is 56.9 Å². The molecule has 1 aliphatic heterocycles. The van der Waals surface area contributed by atoms with Gasteiger partial charge in [0.2, 0.25) is 0 Å². The molecule has 0 aromatic heterocycles. The fraction of sp³-hybridized carbons (Fsp3) is 1.00. The van der Waals surface area contributed by atoms with Crippen molar-refractivity contribution in [3.05, 3.63) is 0 Å². The van der Waals surface area contributed by atoms with Gasteiger partial charge in [-0.1, -0.05) is 39.0 Å². The predicted octanol–water partition coefficient (Wildman–Crippen LogP) is 3.86. The van der Waals surface area contributed by atoms with Crippen molar-refractivity contribution < 1.29 is 0 Å². The summed E-state index contributed by atoms with van der Waals surface area (Å²) in [6.45, 7) is 3.65. The lowest BCUT2D eigenvalue weighted by molar-refractivity contribution is 0.194. The summed E-state index contributed by atoms with van der Waals surface area (Å²) >= 11 is 0. The molecule has 0 bridgehead atoms. The molecule has 2 N–H and O–H groups in total. The molecule has 1 saturated heterocycles. The minimum Gasteiger partial charge on any atom is -0.314 e. The summed E-state index contributed by atoms with van der Waals surface area (Å²) in [5, 5.41) is 7.94. The highest BCUT2D eigenvalue weighted by Gasteiger charge is 2.36. The smallest absolute Gasteiger partial charge is 0.0113 e. The van der Waals surface area contributed by atoms with E-state index in [1.807, 2.05) is 0 Å². The maximum absolute atomic E-state index is 4.13. The third kappa shape index (κ3) is 3.39. The molecule has 0 amide bonds. The molecule has 0 radical (unpaired) electrons.